The smallest absolute Gasteiger partial charge is 0.312 e. The number of phenolic OH excluding ortho intramolecular Hbond substituents is 1. The molecule has 3 rings (SSSR count). The van der Waals surface area contributed by atoms with E-state index in [0.717, 1.165) is 29.5 Å². The number of nitrogens with one attached hydrogen (secondary N) is 2. The van der Waals surface area contributed by atoms with Crippen LogP contribution >= 0.6 is 11.8 Å². The molecule has 12 heteroatoms. The van der Waals surface area contributed by atoms with E-state index in [0.29, 0.717) is 16.5 Å². The van der Waals surface area contributed by atoms with E-state index < -0.39 is 22.3 Å². The predicted octanol–water partition coefficient (Wildman–Crippen LogP) is 2.40. The number of nitrogens with zero attached hydrogens (tertiary/aromatic N) is 4. The number of hydrogen-bond donors (Lipinski definition) is 3. The Hall–Kier alpha value is -3.93. The topological polar surface area (TPSA) is 152 Å². The van der Waals surface area contributed by atoms with E-state index in [1.807, 2.05) is 19.1 Å². The Morgan fingerprint density at radius 2 is 2.00 bits per heavy atom. The second kappa shape index (κ2) is 9.92. The molecule has 0 aliphatic carbocycles. The van der Waals surface area contributed by atoms with E-state index in [2.05, 4.69) is 20.8 Å². The largest absolute Gasteiger partial charge is 0.502 e. The van der Waals surface area contributed by atoms with Gasteiger partial charge in [-0.05, 0) is 31.2 Å². The average molecular weight is 456 g/mol. The molecule has 0 fully saturated rings. The van der Waals surface area contributed by atoms with E-state index in [4.69, 9.17) is 0 Å². The fourth-order valence-electron chi connectivity index (χ4n) is 2.75. The molecule has 0 spiro atoms. The van der Waals surface area contributed by atoms with Crippen molar-refractivity contribution < 1.29 is 19.6 Å². The number of aromatic hydroxyl groups is 1. The van der Waals surface area contributed by atoms with Crippen molar-refractivity contribution in [2.24, 2.45) is 7.05 Å². The molecule has 0 saturated heterocycles. The van der Waals surface area contributed by atoms with Gasteiger partial charge in [-0.3, -0.25) is 19.7 Å². The van der Waals surface area contributed by atoms with Gasteiger partial charge >= 0.3 is 5.69 Å². The first kappa shape index (κ1) is 22.7. The van der Waals surface area contributed by atoms with Gasteiger partial charge in [0.25, 0.3) is 5.91 Å². The number of amides is 2. The van der Waals surface area contributed by atoms with E-state index >= 15 is 0 Å². The molecule has 1 heterocycles. The number of carbonyl (C=O) groups excluding carboxylic acids is 2. The zero-order valence-corrected chi connectivity index (χ0v) is 18.0. The standard InChI is InChI=1S/C20H20N6O5S/c1-12-4-3-5-13(8-12)19(29)21-10-17-23-24-20(25(17)2)32-11-18(28)22-14-6-7-16(27)15(9-14)26(30)31/h3-9,27H,10-11H2,1-2H3,(H,21,29)(H,22,28). The van der Waals surface area contributed by atoms with Gasteiger partial charge in [-0.25, -0.2) is 0 Å². The van der Waals surface area contributed by atoms with Gasteiger partial charge in [0, 0.05) is 24.4 Å². The highest BCUT2D eigenvalue weighted by atomic mass is 32.2. The van der Waals surface area contributed by atoms with Crippen molar-refractivity contribution in [1.29, 1.82) is 0 Å². The van der Waals surface area contributed by atoms with Crippen LogP contribution in [0.1, 0.15) is 21.7 Å². The molecule has 2 aromatic carbocycles. The summed E-state index contributed by atoms with van der Waals surface area (Å²) in [6.45, 7) is 2.07. The Labute approximate surface area is 187 Å². The van der Waals surface area contributed by atoms with E-state index in [9.17, 15) is 24.8 Å². The fourth-order valence-corrected chi connectivity index (χ4v) is 3.48. The highest BCUT2D eigenvalue weighted by Gasteiger charge is 2.16. The molecule has 0 atom stereocenters. The highest BCUT2D eigenvalue weighted by molar-refractivity contribution is 7.99. The Bertz CT molecular complexity index is 1180. The molecule has 0 radical (unpaired) electrons. The van der Waals surface area contributed by atoms with E-state index in [1.54, 1.807) is 23.7 Å². The average Bonchev–Trinajstić information content (AvgIpc) is 3.11. The van der Waals surface area contributed by atoms with Crippen LogP contribution in [-0.4, -0.2) is 42.4 Å². The lowest BCUT2D eigenvalue weighted by Crippen LogP contribution is -2.24. The molecule has 0 aliphatic rings. The van der Waals surface area contributed by atoms with Crippen molar-refractivity contribution in [3.8, 4) is 5.75 Å². The number of phenols is 1. The summed E-state index contributed by atoms with van der Waals surface area (Å²) in [5.74, 6) is -0.622. The Morgan fingerprint density at radius 1 is 1.22 bits per heavy atom. The van der Waals surface area contributed by atoms with Crippen LogP contribution in [0.4, 0.5) is 11.4 Å². The van der Waals surface area contributed by atoms with Crippen molar-refractivity contribution in [2.45, 2.75) is 18.6 Å². The number of anilines is 1. The summed E-state index contributed by atoms with van der Waals surface area (Å²) in [5.41, 5.74) is 1.22. The zero-order valence-electron chi connectivity index (χ0n) is 17.2. The summed E-state index contributed by atoms with van der Waals surface area (Å²) in [6.07, 6.45) is 0. The summed E-state index contributed by atoms with van der Waals surface area (Å²) < 4.78 is 1.67. The van der Waals surface area contributed by atoms with Gasteiger partial charge in [0.2, 0.25) is 5.91 Å². The lowest BCUT2D eigenvalue weighted by Gasteiger charge is -2.07. The van der Waals surface area contributed by atoms with Crippen molar-refractivity contribution in [1.82, 2.24) is 20.1 Å². The lowest BCUT2D eigenvalue weighted by molar-refractivity contribution is -0.385. The first-order chi connectivity index (χ1) is 15.2. The summed E-state index contributed by atoms with van der Waals surface area (Å²) in [7, 11) is 1.72. The normalized spacial score (nSPS) is 10.6. The van der Waals surface area contributed by atoms with Crippen LogP contribution in [-0.2, 0) is 18.4 Å². The molecular formula is C20H20N6O5S. The molecule has 1 aromatic heterocycles. The monoisotopic (exact) mass is 456 g/mol. The third-order valence-electron chi connectivity index (χ3n) is 4.40. The van der Waals surface area contributed by atoms with Gasteiger partial charge in [0.1, 0.15) is 0 Å². The molecule has 0 unspecified atom stereocenters. The van der Waals surface area contributed by atoms with E-state index in [-0.39, 0.29) is 23.9 Å². The maximum atomic E-state index is 12.3. The fraction of sp³-hybridized carbons (Fsp3) is 0.200. The minimum atomic E-state index is -0.738. The molecule has 0 saturated carbocycles. The van der Waals surface area contributed by atoms with Crippen molar-refractivity contribution in [3.05, 3.63) is 69.5 Å². The van der Waals surface area contributed by atoms with Crippen LogP contribution in [0.5, 0.6) is 5.75 Å². The summed E-state index contributed by atoms with van der Waals surface area (Å²) in [4.78, 5) is 34.6. The number of aromatic nitrogens is 3. The lowest BCUT2D eigenvalue weighted by atomic mass is 10.1. The molecule has 2 amide bonds. The second-order valence-corrected chi connectivity index (χ2v) is 7.75. The number of benzene rings is 2. The molecule has 166 valence electrons. The summed E-state index contributed by atoms with van der Waals surface area (Å²) >= 11 is 1.12. The number of nitro groups is 1. The molecule has 0 aliphatic heterocycles. The Morgan fingerprint density at radius 3 is 2.72 bits per heavy atom. The first-order valence-corrected chi connectivity index (χ1v) is 10.4. The Balaban J connectivity index is 1.54. The molecule has 0 bridgehead atoms. The van der Waals surface area contributed by atoms with Gasteiger partial charge in [0.05, 0.1) is 17.2 Å². The van der Waals surface area contributed by atoms with E-state index in [1.165, 1.54) is 6.07 Å². The Kier molecular flexibility index (Phi) is 7.05. The van der Waals surface area contributed by atoms with Crippen molar-refractivity contribution in [3.63, 3.8) is 0 Å². The molecule has 32 heavy (non-hydrogen) atoms. The third-order valence-corrected chi connectivity index (χ3v) is 5.42. The van der Waals surface area contributed by atoms with Gasteiger partial charge in [-0.15, -0.1) is 10.2 Å². The zero-order chi connectivity index (χ0) is 23.3. The SMILES string of the molecule is Cc1cccc(C(=O)NCc2nnc(SCC(=O)Nc3ccc(O)c([N+](=O)[O-])c3)n2C)c1. The van der Waals surface area contributed by atoms with Crippen LogP contribution in [0.15, 0.2) is 47.6 Å². The third kappa shape index (κ3) is 5.60. The number of nitro benzene ring substituents is 1. The van der Waals surface area contributed by atoms with Crippen LogP contribution < -0.4 is 10.6 Å². The maximum absolute atomic E-state index is 12.3. The number of aryl methyl sites for hydroxylation is 1. The van der Waals surface area contributed by atoms with Crippen LogP contribution in [0.2, 0.25) is 0 Å². The van der Waals surface area contributed by atoms with Crippen molar-refractivity contribution in [2.75, 3.05) is 11.1 Å². The number of carbonyl (C=O) groups is 2. The minimum absolute atomic E-state index is 0.0176. The van der Waals surface area contributed by atoms with Crippen LogP contribution in [0.25, 0.3) is 0 Å². The number of thioether (sulfide) groups is 1. The van der Waals surface area contributed by atoms with Gasteiger partial charge < -0.3 is 20.3 Å². The second-order valence-electron chi connectivity index (χ2n) is 6.81. The predicted molar refractivity (Wildman–Crippen MR) is 117 cm³/mol. The summed E-state index contributed by atoms with van der Waals surface area (Å²) in [6, 6.07) is 10.8. The molecular weight excluding hydrogens is 436 g/mol. The van der Waals surface area contributed by atoms with Crippen molar-refractivity contribution >= 4 is 35.0 Å². The molecule has 3 N–H and O–H groups in total. The summed E-state index contributed by atoms with van der Waals surface area (Å²) in [5, 5.41) is 34.2. The number of hydrogen-bond acceptors (Lipinski definition) is 8. The van der Waals surface area contributed by atoms with Gasteiger partial charge in [0.15, 0.2) is 16.7 Å². The van der Waals surface area contributed by atoms with Crippen LogP contribution in [0, 0.1) is 17.0 Å². The minimum Gasteiger partial charge on any atom is -0.502 e. The molecule has 3 aromatic rings. The number of rotatable bonds is 8. The highest BCUT2D eigenvalue weighted by Crippen LogP contribution is 2.28. The van der Waals surface area contributed by atoms with Crippen LogP contribution in [0.3, 0.4) is 0 Å². The van der Waals surface area contributed by atoms with Gasteiger partial charge in [-0.2, -0.15) is 0 Å². The molecule has 11 nitrogen and oxygen atoms in total. The maximum Gasteiger partial charge on any atom is 0.312 e. The first-order valence-electron chi connectivity index (χ1n) is 9.38. The van der Waals surface area contributed by atoms with Gasteiger partial charge in [-0.1, -0.05) is 29.5 Å². The quantitative estimate of drug-likeness (QED) is 0.202.